The highest BCUT2D eigenvalue weighted by atomic mass is 16.4. The van der Waals surface area contributed by atoms with Crippen LogP contribution in [0, 0.1) is 12.3 Å². The fraction of sp³-hybridized carbons (Fsp3) is 0. The Balaban J connectivity index is 2.25. The maximum absolute atomic E-state index is 11.3. The number of aromatic carboxylic acids is 1. The summed E-state index contributed by atoms with van der Waals surface area (Å²) >= 11 is 0. The van der Waals surface area contributed by atoms with E-state index in [9.17, 15) is 9.90 Å². The van der Waals surface area contributed by atoms with Gasteiger partial charge in [-0.3, -0.25) is 4.98 Å². The lowest BCUT2D eigenvalue weighted by molar-refractivity contribution is 0.0696. The second kappa shape index (κ2) is 5.06. The van der Waals surface area contributed by atoms with Gasteiger partial charge in [0.1, 0.15) is 0 Å². The summed E-state index contributed by atoms with van der Waals surface area (Å²) in [5.74, 6) is 1.41. The van der Waals surface area contributed by atoms with Gasteiger partial charge >= 0.3 is 5.97 Å². The van der Waals surface area contributed by atoms with Crippen molar-refractivity contribution in [2.75, 3.05) is 0 Å². The molecule has 0 unspecified atom stereocenters. The van der Waals surface area contributed by atoms with Crippen molar-refractivity contribution < 1.29 is 9.90 Å². The summed E-state index contributed by atoms with van der Waals surface area (Å²) in [7, 11) is 0. The van der Waals surface area contributed by atoms with Gasteiger partial charge in [-0.05, 0) is 18.2 Å². The summed E-state index contributed by atoms with van der Waals surface area (Å²) in [5.41, 5.74) is 2.43. The largest absolute Gasteiger partial charge is 0.478 e. The number of carbonyl (C=O) groups is 1. The molecule has 0 fully saturated rings. The predicted molar refractivity (Wildman–Crippen MR) is 79.9 cm³/mol. The minimum atomic E-state index is -1.05. The molecular formula is C17H10N2O2. The molecule has 3 rings (SSSR count). The van der Waals surface area contributed by atoms with Crippen LogP contribution in [0.25, 0.3) is 22.2 Å². The average molecular weight is 274 g/mol. The molecule has 0 saturated carbocycles. The topological polar surface area (TPSA) is 63.1 Å². The van der Waals surface area contributed by atoms with Crippen LogP contribution in [0.1, 0.15) is 15.9 Å². The van der Waals surface area contributed by atoms with Gasteiger partial charge in [0, 0.05) is 22.7 Å². The molecule has 4 heteroatoms. The molecule has 0 aliphatic rings. The third kappa shape index (κ3) is 2.21. The number of carboxylic acids is 1. The quantitative estimate of drug-likeness (QED) is 0.730. The third-order valence-electron chi connectivity index (χ3n) is 3.21. The molecule has 2 heterocycles. The van der Waals surface area contributed by atoms with Crippen molar-refractivity contribution >= 4 is 16.9 Å². The number of aromatic nitrogens is 2. The van der Waals surface area contributed by atoms with Gasteiger partial charge in [0.25, 0.3) is 0 Å². The molecule has 3 aromatic rings. The predicted octanol–water partition coefficient (Wildman–Crippen LogP) is 2.98. The molecule has 0 saturated heterocycles. The highest BCUT2D eigenvalue weighted by molar-refractivity contribution is 5.94. The minimum absolute atomic E-state index is 0.100. The van der Waals surface area contributed by atoms with Crippen LogP contribution >= 0.6 is 0 Å². The first-order valence-electron chi connectivity index (χ1n) is 6.25. The highest BCUT2D eigenvalue weighted by Crippen LogP contribution is 2.26. The van der Waals surface area contributed by atoms with Gasteiger partial charge in [0.05, 0.1) is 23.0 Å². The molecule has 0 aliphatic heterocycles. The van der Waals surface area contributed by atoms with E-state index >= 15 is 0 Å². The number of hydrogen-bond acceptors (Lipinski definition) is 3. The Labute approximate surface area is 121 Å². The van der Waals surface area contributed by atoms with Gasteiger partial charge in [-0.25, -0.2) is 9.78 Å². The van der Waals surface area contributed by atoms with Crippen LogP contribution in [-0.4, -0.2) is 21.0 Å². The van der Waals surface area contributed by atoms with E-state index in [0.29, 0.717) is 16.8 Å². The number of terminal acetylenes is 1. The van der Waals surface area contributed by atoms with Crippen LogP contribution in [0.4, 0.5) is 0 Å². The van der Waals surface area contributed by atoms with Crippen LogP contribution in [0.15, 0.2) is 48.8 Å². The Kier molecular flexibility index (Phi) is 3.09. The van der Waals surface area contributed by atoms with Gasteiger partial charge in [-0.2, -0.15) is 0 Å². The van der Waals surface area contributed by atoms with E-state index < -0.39 is 5.97 Å². The molecule has 4 nitrogen and oxygen atoms in total. The second-order valence-corrected chi connectivity index (χ2v) is 4.44. The number of benzene rings is 1. The van der Waals surface area contributed by atoms with E-state index in [1.807, 2.05) is 18.2 Å². The summed E-state index contributed by atoms with van der Waals surface area (Å²) in [6.45, 7) is 0. The Bertz CT molecular complexity index is 895. The zero-order valence-electron chi connectivity index (χ0n) is 10.9. The lowest BCUT2D eigenvalue weighted by atomic mass is 9.98. The number of carboxylic acid groups (broad SMARTS) is 1. The molecule has 2 aromatic heterocycles. The molecule has 0 bridgehead atoms. The van der Waals surface area contributed by atoms with Crippen molar-refractivity contribution in [1.82, 2.24) is 9.97 Å². The SMILES string of the molecule is C#Cc1c(C(=O)O)cccc1-c1ccc2ccncc2n1. The first-order valence-corrected chi connectivity index (χ1v) is 6.25. The Morgan fingerprint density at radius 2 is 2.05 bits per heavy atom. The lowest BCUT2D eigenvalue weighted by Gasteiger charge is -2.08. The molecule has 1 N–H and O–H groups in total. The Hall–Kier alpha value is -3.19. The van der Waals surface area contributed by atoms with E-state index in [1.54, 1.807) is 24.5 Å². The maximum Gasteiger partial charge on any atom is 0.336 e. The van der Waals surface area contributed by atoms with Gasteiger partial charge in [0.2, 0.25) is 0 Å². The van der Waals surface area contributed by atoms with Crippen molar-refractivity contribution in [3.63, 3.8) is 0 Å². The average Bonchev–Trinajstić information content (AvgIpc) is 2.53. The summed E-state index contributed by atoms with van der Waals surface area (Å²) in [5, 5.41) is 10.2. The normalized spacial score (nSPS) is 10.2. The molecule has 100 valence electrons. The smallest absolute Gasteiger partial charge is 0.336 e. The fourth-order valence-corrected chi connectivity index (χ4v) is 2.22. The van der Waals surface area contributed by atoms with E-state index in [0.717, 1.165) is 10.9 Å². The minimum Gasteiger partial charge on any atom is -0.478 e. The van der Waals surface area contributed by atoms with E-state index in [-0.39, 0.29) is 5.56 Å². The summed E-state index contributed by atoms with van der Waals surface area (Å²) in [6.07, 6.45) is 8.84. The summed E-state index contributed by atoms with van der Waals surface area (Å²) in [6, 6.07) is 10.5. The number of hydrogen-bond donors (Lipinski definition) is 1. The van der Waals surface area contributed by atoms with Crippen molar-refractivity contribution in [2.45, 2.75) is 0 Å². The van der Waals surface area contributed by atoms with Crippen LogP contribution < -0.4 is 0 Å². The van der Waals surface area contributed by atoms with Gasteiger partial charge in [-0.15, -0.1) is 6.42 Å². The van der Waals surface area contributed by atoms with Crippen molar-refractivity contribution in [3.05, 3.63) is 59.9 Å². The van der Waals surface area contributed by atoms with Gasteiger partial charge in [0.15, 0.2) is 0 Å². The van der Waals surface area contributed by atoms with Crippen molar-refractivity contribution in [2.24, 2.45) is 0 Å². The summed E-state index contributed by atoms with van der Waals surface area (Å²) < 4.78 is 0. The van der Waals surface area contributed by atoms with Crippen LogP contribution in [0.2, 0.25) is 0 Å². The molecule has 0 radical (unpaired) electrons. The van der Waals surface area contributed by atoms with Crippen LogP contribution in [0.5, 0.6) is 0 Å². The first kappa shape index (κ1) is 12.8. The lowest BCUT2D eigenvalue weighted by Crippen LogP contribution is -2.02. The van der Waals surface area contributed by atoms with Gasteiger partial charge < -0.3 is 5.11 Å². The molecule has 1 aromatic carbocycles. The van der Waals surface area contributed by atoms with Crippen LogP contribution in [-0.2, 0) is 0 Å². The number of nitrogens with zero attached hydrogens (tertiary/aromatic N) is 2. The summed E-state index contributed by atoms with van der Waals surface area (Å²) in [4.78, 5) is 19.8. The molecular weight excluding hydrogens is 264 g/mol. The van der Waals surface area contributed by atoms with Crippen LogP contribution in [0.3, 0.4) is 0 Å². The molecule has 0 atom stereocenters. The second-order valence-electron chi connectivity index (χ2n) is 4.44. The Morgan fingerprint density at radius 3 is 2.81 bits per heavy atom. The van der Waals surface area contributed by atoms with E-state index in [1.165, 1.54) is 6.07 Å². The molecule has 0 aliphatic carbocycles. The number of fused-ring (bicyclic) bond motifs is 1. The zero-order valence-corrected chi connectivity index (χ0v) is 10.9. The van der Waals surface area contributed by atoms with E-state index in [2.05, 4.69) is 15.9 Å². The first-order chi connectivity index (χ1) is 10.2. The van der Waals surface area contributed by atoms with Crippen molar-refractivity contribution in [1.29, 1.82) is 0 Å². The monoisotopic (exact) mass is 274 g/mol. The van der Waals surface area contributed by atoms with Crippen molar-refractivity contribution in [3.8, 4) is 23.6 Å². The third-order valence-corrected chi connectivity index (χ3v) is 3.21. The fourth-order valence-electron chi connectivity index (χ4n) is 2.22. The van der Waals surface area contributed by atoms with E-state index in [4.69, 9.17) is 6.42 Å². The molecule has 21 heavy (non-hydrogen) atoms. The van der Waals surface area contributed by atoms with Gasteiger partial charge in [-0.1, -0.05) is 24.1 Å². The highest BCUT2D eigenvalue weighted by Gasteiger charge is 2.14. The Morgan fingerprint density at radius 1 is 1.19 bits per heavy atom. The number of pyridine rings is 2. The standard InChI is InChI=1S/C17H10N2O2/c1-2-12-13(4-3-5-14(12)17(20)21)15-7-6-11-8-9-18-10-16(11)19-15/h1,3-10H,(H,20,21). The molecule has 0 spiro atoms. The zero-order chi connectivity index (χ0) is 14.8. The maximum atomic E-state index is 11.3. The molecule has 0 amide bonds. The number of rotatable bonds is 2.